The molecule has 0 bridgehead atoms. The van der Waals surface area contributed by atoms with Crippen LogP contribution in [-0.2, 0) is 6.54 Å². The summed E-state index contributed by atoms with van der Waals surface area (Å²) in [7, 11) is 0. The fraction of sp³-hybridized carbons (Fsp3) is 0.625. The molecule has 0 saturated carbocycles. The minimum atomic E-state index is 0.693. The summed E-state index contributed by atoms with van der Waals surface area (Å²) in [5.74, 6) is 0. The summed E-state index contributed by atoms with van der Waals surface area (Å²) in [6.45, 7) is 9.58. The zero-order chi connectivity index (χ0) is 12.5. The van der Waals surface area contributed by atoms with Crippen LogP contribution in [0, 0.1) is 6.92 Å². The molecule has 2 saturated heterocycles. The summed E-state index contributed by atoms with van der Waals surface area (Å²) >= 11 is 0. The van der Waals surface area contributed by atoms with Gasteiger partial charge in [0.05, 0.1) is 0 Å². The molecule has 0 N–H and O–H groups in total. The van der Waals surface area contributed by atoms with E-state index in [0.29, 0.717) is 6.04 Å². The molecule has 0 aliphatic carbocycles. The highest BCUT2D eigenvalue weighted by molar-refractivity contribution is 5.25. The first-order valence-corrected chi connectivity index (χ1v) is 7.26. The second-order valence-corrected chi connectivity index (χ2v) is 6.00. The van der Waals surface area contributed by atoms with Crippen LogP contribution in [0.4, 0.5) is 0 Å². The van der Waals surface area contributed by atoms with Gasteiger partial charge in [0.15, 0.2) is 0 Å². The van der Waals surface area contributed by atoms with Crippen molar-refractivity contribution in [1.82, 2.24) is 9.80 Å². The zero-order valence-electron chi connectivity index (χ0n) is 11.6. The van der Waals surface area contributed by atoms with E-state index in [4.69, 9.17) is 0 Å². The van der Waals surface area contributed by atoms with Gasteiger partial charge in [0.1, 0.15) is 0 Å². The van der Waals surface area contributed by atoms with E-state index in [-0.39, 0.29) is 0 Å². The number of aryl methyl sites for hydroxylation is 1. The van der Waals surface area contributed by atoms with Gasteiger partial charge in [0.25, 0.3) is 0 Å². The molecular formula is C16H24N2. The highest BCUT2D eigenvalue weighted by Crippen LogP contribution is 2.26. The zero-order valence-corrected chi connectivity index (χ0v) is 11.6. The molecule has 1 unspecified atom stereocenters. The molecule has 2 aliphatic rings. The van der Waals surface area contributed by atoms with Crippen LogP contribution in [0.25, 0.3) is 0 Å². The molecule has 2 heteroatoms. The Morgan fingerprint density at radius 3 is 2.89 bits per heavy atom. The van der Waals surface area contributed by atoms with Gasteiger partial charge in [-0.3, -0.25) is 9.80 Å². The first-order valence-electron chi connectivity index (χ1n) is 7.26. The molecule has 1 aromatic carbocycles. The molecule has 98 valence electrons. The predicted octanol–water partition coefficient (Wildman–Crippen LogP) is 2.66. The standard InChI is InChI=1S/C16H24N2/c1-13-6-3-4-7-15(13)11-18-12-16-8-5-9-17(16)10-14(18)2/h3-4,6-7,14,16H,5,8-12H2,1-2H3/t14-,16?/m0/s1. The Balaban J connectivity index is 1.71. The van der Waals surface area contributed by atoms with Crippen molar-refractivity contribution in [3.05, 3.63) is 35.4 Å². The smallest absolute Gasteiger partial charge is 0.0240 e. The van der Waals surface area contributed by atoms with Crippen molar-refractivity contribution in [2.24, 2.45) is 0 Å². The van der Waals surface area contributed by atoms with E-state index in [0.717, 1.165) is 12.6 Å². The lowest BCUT2D eigenvalue weighted by molar-refractivity contribution is 0.0539. The van der Waals surface area contributed by atoms with Gasteiger partial charge in [-0.25, -0.2) is 0 Å². The highest BCUT2D eigenvalue weighted by atomic mass is 15.3. The number of hydrogen-bond acceptors (Lipinski definition) is 2. The first kappa shape index (κ1) is 12.2. The van der Waals surface area contributed by atoms with Crippen LogP contribution in [0.15, 0.2) is 24.3 Å². The molecular weight excluding hydrogens is 220 g/mol. The van der Waals surface area contributed by atoms with E-state index in [2.05, 4.69) is 47.9 Å². The van der Waals surface area contributed by atoms with Gasteiger partial charge in [-0.1, -0.05) is 24.3 Å². The van der Waals surface area contributed by atoms with Crippen LogP contribution in [-0.4, -0.2) is 41.5 Å². The maximum absolute atomic E-state index is 2.69. The molecule has 0 amide bonds. The Bertz CT molecular complexity index is 415. The van der Waals surface area contributed by atoms with Crippen LogP contribution in [0.3, 0.4) is 0 Å². The van der Waals surface area contributed by atoms with Gasteiger partial charge in [-0.2, -0.15) is 0 Å². The number of piperazine rings is 1. The number of rotatable bonds is 2. The van der Waals surface area contributed by atoms with E-state index in [1.54, 1.807) is 0 Å². The van der Waals surface area contributed by atoms with Crippen molar-refractivity contribution in [2.75, 3.05) is 19.6 Å². The van der Waals surface area contributed by atoms with Gasteiger partial charge in [-0.05, 0) is 44.4 Å². The van der Waals surface area contributed by atoms with Crippen LogP contribution in [0.5, 0.6) is 0 Å². The lowest BCUT2D eigenvalue weighted by Crippen LogP contribution is -2.54. The Morgan fingerprint density at radius 1 is 1.22 bits per heavy atom. The van der Waals surface area contributed by atoms with Gasteiger partial charge >= 0.3 is 0 Å². The van der Waals surface area contributed by atoms with Gasteiger partial charge in [0, 0.05) is 31.7 Å². The van der Waals surface area contributed by atoms with Crippen molar-refractivity contribution in [1.29, 1.82) is 0 Å². The predicted molar refractivity (Wildman–Crippen MR) is 75.6 cm³/mol. The van der Waals surface area contributed by atoms with Crippen LogP contribution < -0.4 is 0 Å². The molecule has 0 radical (unpaired) electrons. The molecule has 1 aromatic rings. The average Bonchev–Trinajstić information content (AvgIpc) is 2.79. The molecule has 2 fully saturated rings. The lowest BCUT2D eigenvalue weighted by Gasteiger charge is -2.42. The summed E-state index contributed by atoms with van der Waals surface area (Å²) in [6, 6.07) is 10.3. The first-order chi connectivity index (χ1) is 8.74. The van der Waals surface area contributed by atoms with Crippen LogP contribution in [0.1, 0.15) is 30.9 Å². The third-order valence-electron chi connectivity index (χ3n) is 4.70. The fourth-order valence-corrected chi connectivity index (χ4v) is 3.47. The fourth-order valence-electron chi connectivity index (χ4n) is 3.47. The van der Waals surface area contributed by atoms with E-state index < -0.39 is 0 Å². The molecule has 3 rings (SSSR count). The maximum atomic E-state index is 2.69. The number of fused-ring (bicyclic) bond motifs is 1. The van der Waals surface area contributed by atoms with Crippen molar-refractivity contribution in [3.63, 3.8) is 0 Å². The van der Waals surface area contributed by atoms with Crippen LogP contribution >= 0.6 is 0 Å². The minimum absolute atomic E-state index is 0.693. The molecule has 0 aromatic heterocycles. The summed E-state index contributed by atoms with van der Waals surface area (Å²) in [5.41, 5.74) is 2.93. The van der Waals surface area contributed by atoms with Gasteiger partial charge in [-0.15, -0.1) is 0 Å². The number of benzene rings is 1. The Labute approximate surface area is 111 Å². The number of nitrogens with zero attached hydrogens (tertiary/aromatic N) is 2. The summed E-state index contributed by atoms with van der Waals surface area (Å²) < 4.78 is 0. The second kappa shape index (κ2) is 5.02. The quantitative estimate of drug-likeness (QED) is 0.789. The normalized spacial score (nSPS) is 29.4. The molecule has 0 spiro atoms. The summed E-state index contributed by atoms with van der Waals surface area (Å²) in [4.78, 5) is 5.37. The summed E-state index contributed by atoms with van der Waals surface area (Å²) in [5, 5.41) is 0. The Morgan fingerprint density at radius 2 is 2.06 bits per heavy atom. The maximum Gasteiger partial charge on any atom is 0.0240 e. The van der Waals surface area contributed by atoms with E-state index in [1.165, 1.54) is 43.6 Å². The monoisotopic (exact) mass is 244 g/mol. The Hall–Kier alpha value is -0.860. The third-order valence-corrected chi connectivity index (χ3v) is 4.70. The topological polar surface area (TPSA) is 6.48 Å². The lowest BCUT2D eigenvalue weighted by atomic mass is 10.0. The van der Waals surface area contributed by atoms with Gasteiger partial charge in [0.2, 0.25) is 0 Å². The minimum Gasteiger partial charge on any atom is -0.298 e. The van der Waals surface area contributed by atoms with E-state index in [1.807, 2.05) is 0 Å². The van der Waals surface area contributed by atoms with E-state index in [9.17, 15) is 0 Å². The average molecular weight is 244 g/mol. The largest absolute Gasteiger partial charge is 0.298 e. The molecule has 18 heavy (non-hydrogen) atoms. The van der Waals surface area contributed by atoms with Crippen molar-refractivity contribution in [2.45, 2.75) is 45.3 Å². The number of hydrogen-bond donors (Lipinski definition) is 0. The van der Waals surface area contributed by atoms with Crippen LogP contribution in [0.2, 0.25) is 0 Å². The highest BCUT2D eigenvalue weighted by Gasteiger charge is 2.34. The Kier molecular flexibility index (Phi) is 3.40. The molecule has 2 aliphatic heterocycles. The molecule has 2 atom stereocenters. The third kappa shape index (κ3) is 2.32. The molecule has 2 nitrogen and oxygen atoms in total. The molecule has 2 heterocycles. The van der Waals surface area contributed by atoms with E-state index >= 15 is 0 Å². The second-order valence-electron chi connectivity index (χ2n) is 6.00. The van der Waals surface area contributed by atoms with Crippen molar-refractivity contribution < 1.29 is 0 Å². The van der Waals surface area contributed by atoms with Crippen molar-refractivity contribution in [3.8, 4) is 0 Å². The van der Waals surface area contributed by atoms with Crippen molar-refractivity contribution >= 4 is 0 Å². The SMILES string of the molecule is Cc1ccccc1CN1CC2CCCN2C[C@@H]1C. The summed E-state index contributed by atoms with van der Waals surface area (Å²) in [6.07, 6.45) is 2.80. The van der Waals surface area contributed by atoms with Gasteiger partial charge < -0.3 is 0 Å².